The first-order valence-electron chi connectivity index (χ1n) is 9.80. The van der Waals surface area contributed by atoms with Crippen molar-refractivity contribution in [2.24, 2.45) is 0 Å². The molecule has 27 heavy (non-hydrogen) atoms. The van der Waals surface area contributed by atoms with Gasteiger partial charge in [0.1, 0.15) is 0 Å². The minimum absolute atomic E-state index is 0.0113. The van der Waals surface area contributed by atoms with Gasteiger partial charge in [-0.25, -0.2) is 0 Å². The Morgan fingerprint density at radius 3 is 2.33 bits per heavy atom. The molecule has 1 spiro atoms. The topological polar surface area (TPSA) is 20.3 Å². The molecule has 0 saturated carbocycles. The minimum Gasteiger partial charge on any atom is -0.318 e. The molecule has 2 heteroatoms. The van der Waals surface area contributed by atoms with Crippen LogP contribution in [0.25, 0.3) is 0 Å². The number of carbonyl (C=O) groups is 1. The molecule has 0 bridgehead atoms. The van der Waals surface area contributed by atoms with Crippen LogP contribution in [0.2, 0.25) is 0 Å². The summed E-state index contributed by atoms with van der Waals surface area (Å²) < 4.78 is 0. The largest absolute Gasteiger partial charge is 0.318 e. The lowest BCUT2D eigenvalue weighted by Gasteiger charge is -2.46. The Labute approximate surface area is 160 Å². The molecular weight excluding hydrogens is 330 g/mol. The summed E-state index contributed by atoms with van der Waals surface area (Å²) in [5, 5.41) is 0. The van der Waals surface area contributed by atoms with Gasteiger partial charge < -0.3 is 4.90 Å². The number of fused-ring (bicyclic) bond motifs is 4. The first kappa shape index (κ1) is 16.3. The Morgan fingerprint density at radius 2 is 1.52 bits per heavy atom. The second-order valence-corrected chi connectivity index (χ2v) is 7.68. The van der Waals surface area contributed by atoms with Crippen LogP contribution in [0.4, 0.5) is 0 Å². The van der Waals surface area contributed by atoms with Crippen LogP contribution < -0.4 is 0 Å². The zero-order valence-electron chi connectivity index (χ0n) is 15.6. The monoisotopic (exact) mass is 353 g/mol. The summed E-state index contributed by atoms with van der Waals surface area (Å²) in [6, 6.07) is 27.3. The summed E-state index contributed by atoms with van der Waals surface area (Å²) >= 11 is 0. The molecule has 2 atom stereocenters. The van der Waals surface area contributed by atoms with Crippen molar-refractivity contribution in [2.75, 3.05) is 0 Å². The Bertz CT molecular complexity index is 1010. The van der Waals surface area contributed by atoms with Crippen LogP contribution in [0.5, 0.6) is 0 Å². The first-order chi connectivity index (χ1) is 13.2. The average molecular weight is 353 g/mol. The van der Waals surface area contributed by atoms with Gasteiger partial charge in [0, 0.05) is 5.56 Å². The smallest absolute Gasteiger partial charge is 0.255 e. The lowest BCUT2D eigenvalue weighted by Crippen LogP contribution is -2.48. The number of aryl methyl sites for hydroxylation is 1. The van der Waals surface area contributed by atoms with Gasteiger partial charge >= 0.3 is 0 Å². The molecule has 2 aliphatic rings. The number of hydrogen-bond donors (Lipinski definition) is 0. The number of amides is 1. The zero-order chi connectivity index (χ0) is 18.4. The number of hydrogen-bond acceptors (Lipinski definition) is 1. The number of carbonyl (C=O) groups excluding carboxylic acids is 1. The number of rotatable bonds is 2. The molecule has 0 unspecified atom stereocenters. The average Bonchev–Trinajstić information content (AvgIpc) is 2.98. The van der Waals surface area contributed by atoms with Crippen molar-refractivity contribution in [2.45, 2.75) is 37.8 Å². The first-order valence-corrected chi connectivity index (χ1v) is 9.80. The van der Waals surface area contributed by atoms with Crippen molar-refractivity contribution >= 4 is 5.91 Å². The molecule has 3 aromatic carbocycles. The molecule has 134 valence electrons. The lowest BCUT2D eigenvalue weighted by atomic mass is 9.72. The van der Waals surface area contributed by atoms with Crippen LogP contribution in [0.15, 0.2) is 78.9 Å². The highest BCUT2D eigenvalue weighted by Gasteiger charge is 2.53. The van der Waals surface area contributed by atoms with Crippen molar-refractivity contribution in [3.8, 4) is 0 Å². The van der Waals surface area contributed by atoms with Gasteiger partial charge in [-0.15, -0.1) is 0 Å². The summed E-state index contributed by atoms with van der Waals surface area (Å²) in [6.07, 6.45) is 3.16. The third-order valence-electron chi connectivity index (χ3n) is 6.35. The van der Waals surface area contributed by atoms with Crippen LogP contribution in [0.3, 0.4) is 0 Å². The normalized spacial score (nSPS) is 21.8. The Kier molecular flexibility index (Phi) is 3.68. The fraction of sp³-hybridized carbons (Fsp3) is 0.240. The molecule has 0 saturated heterocycles. The molecule has 1 aliphatic heterocycles. The van der Waals surface area contributed by atoms with E-state index in [9.17, 15) is 4.79 Å². The summed E-state index contributed by atoms with van der Waals surface area (Å²) in [7, 11) is 0. The third kappa shape index (κ3) is 2.22. The summed E-state index contributed by atoms with van der Waals surface area (Å²) in [6.45, 7) is 2.16. The van der Waals surface area contributed by atoms with E-state index in [4.69, 9.17) is 0 Å². The lowest BCUT2D eigenvalue weighted by molar-refractivity contribution is 0.0460. The van der Waals surface area contributed by atoms with E-state index in [-0.39, 0.29) is 17.5 Å². The van der Waals surface area contributed by atoms with Gasteiger partial charge in [0.25, 0.3) is 5.91 Å². The van der Waals surface area contributed by atoms with Gasteiger partial charge in [0.2, 0.25) is 0 Å². The summed E-state index contributed by atoms with van der Waals surface area (Å²) in [5.74, 6) is 0.152. The molecule has 0 radical (unpaired) electrons. The third-order valence-corrected chi connectivity index (χ3v) is 6.35. The van der Waals surface area contributed by atoms with E-state index in [1.165, 1.54) is 22.3 Å². The van der Waals surface area contributed by atoms with E-state index < -0.39 is 0 Å². The standard InChI is InChI=1S/C25H23NO/c1-18(19-10-3-2-4-11-19)26-24(27)21-14-6-8-16-23(21)25(26)17-9-13-20-12-5-7-15-22(20)25/h2-8,10-12,14-16,18H,9,13,17H2,1H3/t18-,25-/m0/s1. The molecule has 1 heterocycles. The maximum Gasteiger partial charge on any atom is 0.255 e. The van der Waals surface area contributed by atoms with Crippen LogP contribution in [0, 0.1) is 0 Å². The maximum absolute atomic E-state index is 13.6. The van der Waals surface area contributed by atoms with Gasteiger partial charge in [0.15, 0.2) is 0 Å². The van der Waals surface area contributed by atoms with E-state index >= 15 is 0 Å². The molecule has 1 amide bonds. The van der Waals surface area contributed by atoms with Crippen molar-refractivity contribution in [3.63, 3.8) is 0 Å². The van der Waals surface area contributed by atoms with Gasteiger partial charge in [0.05, 0.1) is 11.6 Å². The van der Waals surface area contributed by atoms with E-state index in [2.05, 4.69) is 72.5 Å². The highest BCUT2D eigenvalue weighted by atomic mass is 16.2. The Hall–Kier alpha value is -2.87. The quantitative estimate of drug-likeness (QED) is 0.597. The Balaban J connectivity index is 1.77. The molecular formula is C25H23NO. The van der Waals surface area contributed by atoms with Crippen LogP contribution in [-0.2, 0) is 12.0 Å². The molecule has 2 nitrogen and oxygen atoms in total. The molecule has 0 N–H and O–H groups in total. The highest BCUT2D eigenvalue weighted by Crippen LogP contribution is 2.53. The van der Waals surface area contributed by atoms with E-state index in [0.29, 0.717) is 0 Å². The van der Waals surface area contributed by atoms with Gasteiger partial charge in [-0.1, -0.05) is 72.8 Å². The number of benzene rings is 3. The minimum atomic E-state index is -0.363. The molecule has 1 aliphatic carbocycles. The van der Waals surface area contributed by atoms with E-state index in [1.54, 1.807) is 0 Å². The SMILES string of the molecule is C[C@@H](c1ccccc1)N1C(=O)c2ccccc2[C@@]12CCCc1ccccc12. The second kappa shape index (κ2) is 6.09. The van der Waals surface area contributed by atoms with Crippen LogP contribution in [0.1, 0.15) is 58.4 Å². The van der Waals surface area contributed by atoms with Crippen molar-refractivity contribution < 1.29 is 4.79 Å². The summed E-state index contributed by atoms with van der Waals surface area (Å²) in [5.41, 5.74) is 5.52. The van der Waals surface area contributed by atoms with Crippen LogP contribution in [-0.4, -0.2) is 10.8 Å². The van der Waals surface area contributed by atoms with Gasteiger partial charge in [-0.05, 0) is 54.5 Å². The zero-order valence-corrected chi connectivity index (χ0v) is 15.6. The molecule has 0 aromatic heterocycles. The molecule has 3 aromatic rings. The van der Waals surface area contributed by atoms with E-state index in [0.717, 1.165) is 24.8 Å². The van der Waals surface area contributed by atoms with Crippen molar-refractivity contribution in [3.05, 3.63) is 107 Å². The van der Waals surface area contributed by atoms with Gasteiger partial charge in [-0.3, -0.25) is 4.79 Å². The predicted octanol–water partition coefficient (Wildman–Crippen LogP) is 5.48. The van der Waals surface area contributed by atoms with E-state index in [1.807, 2.05) is 18.2 Å². The fourth-order valence-corrected chi connectivity index (χ4v) is 5.19. The maximum atomic E-state index is 13.6. The van der Waals surface area contributed by atoms with Crippen molar-refractivity contribution in [1.29, 1.82) is 0 Å². The second-order valence-electron chi connectivity index (χ2n) is 7.68. The van der Waals surface area contributed by atoms with Crippen molar-refractivity contribution in [1.82, 2.24) is 4.90 Å². The summed E-state index contributed by atoms with van der Waals surface area (Å²) in [4.78, 5) is 15.8. The Morgan fingerprint density at radius 1 is 0.852 bits per heavy atom. The van der Waals surface area contributed by atoms with Crippen LogP contribution >= 0.6 is 0 Å². The molecule has 0 fully saturated rings. The van der Waals surface area contributed by atoms with Gasteiger partial charge in [-0.2, -0.15) is 0 Å². The molecule has 5 rings (SSSR count). The number of nitrogens with zero attached hydrogens (tertiary/aromatic N) is 1. The predicted molar refractivity (Wildman–Crippen MR) is 108 cm³/mol. The highest BCUT2D eigenvalue weighted by molar-refractivity contribution is 6.01. The fourth-order valence-electron chi connectivity index (χ4n) is 5.19.